The molecule has 0 saturated carbocycles. The van der Waals surface area contributed by atoms with E-state index in [4.69, 9.17) is 25.7 Å². The first-order chi connectivity index (χ1) is 14.8. The van der Waals surface area contributed by atoms with Crippen LogP contribution in [0.15, 0.2) is 24.3 Å². The fraction of sp³-hybridized carbons (Fsp3) is 0.350. The largest absolute Gasteiger partial charge is 0.493 e. The molecule has 10 nitrogen and oxygen atoms in total. The molecular weight excluding hydrogens is 424 g/mol. The van der Waals surface area contributed by atoms with Crippen LogP contribution in [0.1, 0.15) is 23.2 Å². The molecule has 1 saturated heterocycles. The van der Waals surface area contributed by atoms with Crippen LogP contribution in [0.5, 0.6) is 11.5 Å². The molecule has 31 heavy (non-hydrogen) atoms. The quantitative estimate of drug-likeness (QED) is 0.579. The zero-order valence-electron chi connectivity index (χ0n) is 17.2. The third-order valence-corrected chi connectivity index (χ3v) is 5.92. The topological polar surface area (TPSA) is 146 Å². The molecule has 2 aromatic rings. The Balaban J connectivity index is 1.87. The Morgan fingerprint density at radius 2 is 1.87 bits per heavy atom. The molecule has 0 bridgehead atoms. The zero-order chi connectivity index (χ0) is 22.5. The van der Waals surface area contributed by atoms with Gasteiger partial charge in [0.15, 0.2) is 11.5 Å². The van der Waals surface area contributed by atoms with Gasteiger partial charge in [0.05, 0.1) is 26.3 Å². The summed E-state index contributed by atoms with van der Waals surface area (Å²) >= 11 is 1.18. The number of anilines is 1. The van der Waals surface area contributed by atoms with Crippen molar-refractivity contribution in [2.75, 3.05) is 32.6 Å². The minimum atomic E-state index is -0.799. The van der Waals surface area contributed by atoms with Gasteiger partial charge in [-0.3, -0.25) is 5.32 Å². The van der Waals surface area contributed by atoms with Crippen molar-refractivity contribution in [2.45, 2.75) is 18.9 Å². The van der Waals surface area contributed by atoms with Gasteiger partial charge in [-0.25, -0.2) is 14.4 Å². The van der Waals surface area contributed by atoms with E-state index in [1.807, 2.05) is 6.07 Å². The Labute approximate surface area is 183 Å². The first kappa shape index (κ1) is 22.2. The molecule has 2 heterocycles. The number of hydrogen-bond acceptors (Lipinski definition) is 7. The lowest BCUT2D eigenvalue weighted by Gasteiger charge is -2.31. The highest BCUT2D eigenvalue weighted by atomic mass is 32.1. The minimum Gasteiger partial charge on any atom is -0.493 e. The Morgan fingerprint density at radius 3 is 2.52 bits per heavy atom. The molecular formula is C20H24N4O6S. The highest BCUT2D eigenvalue weighted by Gasteiger charge is 2.27. The second-order valence-corrected chi connectivity index (χ2v) is 7.92. The van der Waals surface area contributed by atoms with Crippen LogP contribution in [-0.2, 0) is 4.74 Å². The number of nitrogens with two attached hydrogens (primary N) is 2. The van der Waals surface area contributed by atoms with E-state index >= 15 is 0 Å². The number of methoxy groups -OCH3 is 2. The Bertz CT molecular complexity index is 992. The summed E-state index contributed by atoms with van der Waals surface area (Å²) in [7, 11) is 3.06. The highest BCUT2D eigenvalue weighted by molar-refractivity contribution is 7.20. The lowest BCUT2D eigenvalue weighted by atomic mass is 10.1. The van der Waals surface area contributed by atoms with Crippen molar-refractivity contribution in [3.8, 4) is 21.9 Å². The molecule has 1 unspecified atom stereocenters. The second-order valence-electron chi connectivity index (χ2n) is 6.87. The van der Waals surface area contributed by atoms with E-state index in [2.05, 4.69) is 5.32 Å². The van der Waals surface area contributed by atoms with Crippen molar-refractivity contribution in [1.29, 1.82) is 0 Å². The summed E-state index contributed by atoms with van der Waals surface area (Å²) in [5.41, 5.74) is 11.5. The highest BCUT2D eigenvalue weighted by Crippen LogP contribution is 2.39. The number of nitrogens with one attached hydrogen (secondary N) is 1. The summed E-state index contributed by atoms with van der Waals surface area (Å²) in [6.45, 7) is 0.756. The van der Waals surface area contributed by atoms with Gasteiger partial charge in [-0.05, 0) is 42.7 Å². The van der Waals surface area contributed by atoms with E-state index in [-0.39, 0.29) is 17.1 Å². The van der Waals surface area contributed by atoms with E-state index in [0.717, 1.165) is 5.56 Å². The maximum Gasteiger partial charge on any atom is 0.341 e. The molecule has 1 aliphatic heterocycles. The van der Waals surface area contributed by atoms with Gasteiger partial charge in [0.2, 0.25) is 0 Å². The summed E-state index contributed by atoms with van der Waals surface area (Å²) in [5.74, 6) is 0.466. The van der Waals surface area contributed by atoms with Gasteiger partial charge in [-0.15, -0.1) is 11.3 Å². The number of nitrogens with zero attached hydrogens (tertiary/aromatic N) is 1. The Morgan fingerprint density at radius 1 is 1.13 bits per heavy atom. The zero-order valence-corrected chi connectivity index (χ0v) is 18.0. The van der Waals surface area contributed by atoms with Crippen LogP contribution in [0.3, 0.4) is 0 Å². The molecule has 0 aliphatic carbocycles. The second kappa shape index (κ2) is 9.56. The van der Waals surface area contributed by atoms with Gasteiger partial charge in [0.1, 0.15) is 11.1 Å². The average Bonchev–Trinajstić information content (AvgIpc) is 3.16. The van der Waals surface area contributed by atoms with Crippen molar-refractivity contribution < 1.29 is 28.6 Å². The maximum absolute atomic E-state index is 12.9. The molecule has 1 aliphatic rings. The summed E-state index contributed by atoms with van der Waals surface area (Å²) in [5, 5.41) is 2.74. The number of piperidine rings is 1. The van der Waals surface area contributed by atoms with E-state index < -0.39 is 24.1 Å². The van der Waals surface area contributed by atoms with Crippen LogP contribution in [-0.4, -0.2) is 56.3 Å². The van der Waals surface area contributed by atoms with E-state index in [0.29, 0.717) is 35.8 Å². The first-order valence-electron chi connectivity index (χ1n) is 9.50. The summed E-state index contributed by atoms with van der Waals surface area (Å²) in [4.78, 5) is 37.9. The van der Waals surface area contributed by atoms with Crippen molar-refractivity contribution in [1.82, 2.24) is 4.90 Å². The number of benzene rings is 1. The van der Waals surface area contributed by atoms with Crippen LogP contribution >= 0.6 is 11.3 Å². The van der Waals surface area contributed by atoms with Gasteiger partial charge in [0.25, 0.3) is 0 Å². The standard InChI is InChI=1S/C20H24N4O6S/c1-28-14-6-5-11(8-15(14)29-2)16-9-13(17(31-16)23-19(21)26)18(25)30-12-4-3-7-24(10-12)20(22)27/h5-6,8-9,12H,3-4,7,10H2,1-2H3,(H2,22,27)(H3,21,23,26). The van der Waals surface area contributed by atoms with Crippen molar-refractivity contribution in [3.63, 3.8) is 0 Å². The van der Waals surface area contributed by atoms with Crippen LogP contribution < -0.4 is 26.3 Å². The molecule has 5 N–H and O–H groups in total. The predicted molar refractivity (Wildman–Crippen MR) is 116 cm³/mol. The molecule has 1 aromatic heterocycles. The molecule has 1 atom stereocenters. The lowest BCUT2D eigenvalue weighted by molar-refractivity contribution is 0.0129. The lowest BCUT2D eigenvalue weighted by Crippen LogP contribution is -2.46. The van der Waals surface area contributed by atoms with E-state index in [9.17, 15) is 14.4 Å². The number of esters is 1. The van der Waals surface area contributed by atoms with Gasteiger partial charge >= 0.3 is 18.0 Å². The SMILES string of the molecule is COc1ccc(-c2cc(C(=O)OC3CCCN(C(N)=O)C3)c(NC(N)=O)s2)cc1OC. The number of carbonyl (C=O) groups is 3. The third kappa shape index (κ3) is 5.18. The number of thiophene rings is 1. The monoisotopic (exact) mass is 448 g/mol. The van der Waals surface area contributed by atoms with Crippen LogP contribution in [0.25, 0.3) is 10.4 Å². The van der Waals surface area contributed by atoms with Crippen molar-refractivity contribution in [3.05, 3.63) is 29.8 Å². The van der Waals surface area contributed by atoms with Gasteiger partial charge in [-0.1, -0.05) is 0 Å². The van der Waals surface area contributed by atoms with Gasteiger partial charge in [0, 0.05) is 11.4 Å². The third-order valence-electron chi connectivity index (χ3n) is 4.82. The molecule has 166 valence electrons. The van der Waals surface area contributed by atoms with Gasteiger partial charge < -0.3 is 30.6 Å². The number of urea groups is 2. The molecule has 11 heteroatoms. The Kier molecular flexibility index (Phi) is 6.85. The molecule has 1 aromatic carbocycles. The minimum absolute atomic E-state index is 0.171. The molecule has 0 radical (unpaired) electrons. The summed E-state index contributed by atoms with van der Waals surface area (Å²) in [6.07, 6.45) is 0.800. The van der Waals surface area contributed by atoms with Crippen LogP contribution in [0.2, 0.25) is 0 Å². The van der Waals surface area contributed by atoms with E-state index in [1.54, 1.807) is 18.2 Å². The molecule has 4 amide bonds. The number of likely N-dealkylation sites (tertiary alicyclic amines) is 1. The predicted octanol–water partition coefficient (Wildman–Crippen LogP) is 2.62. The fourth-order valence-corrected chi connectivity index (χ4v) is 4.37. The Hall–Kier alpha value is -3.47. The van der Waals surface area contributed by atoms with Crippen LogP contribution in [0, 0.1) is 0 Å². The van der Waals surface area contributed by atoms with Crippen molar-refractivity contribution >= 4 is 34.4 Å². The average molecular weight is 449 g/mol. The number of primary amides is 2. The number of ether oxygens (including phenoxy) is 3. The number of amides is 4. The molecule has 0 spiro atoms. The number of hydrogen-bond donors (Lipinski definition) is 3. The first-order valence-corrected chi connectivity index (χ1v) is 10.3. The molecule has 3 rings (SSSR count). The fourth-order valence-electron chi connectivity index (χ4n) is 3.33. The number of carbonyl (C=O) groups excluding carboxylic acids is 3. The summed E-state index contributed by atoms with van der Waals surface area (Å²) < 4.78 is 16.2. The van der Waals surface area contributed by atoms with Crippen molar-refractivity contribution in [2.24, 2.45) is 11.5 Å². The summed E-state index contributed by atoms with van der Waals surface area (Å²) in [6, 6.07) is 5.58. The van der Waals surface area contributed by atoms with E-state index in [1.165, 1.54) is 30.5 Å². The van der Waals surface area contributed by atoms with Gasteiger partial charge in [-0.2, -0.15) is 0 Å². The van der Waals surface area contributed by atoms with Crippen LogP contribution in [0.4, 0.5) is 14.6 Å². The molecule has 1 fully saturated rings. The smallest absolute Gasteiger partial charge is 0.341 e. The number of rotatable bonds is 6. The maximum atomic E-state index is 12.9. The normalized spacial score (nSPS) is 15.8.